The maximum absolute atomic E-state index is 10.6. The third kappa shape index (κ3) is 2.88. The zero-order valence-electron chi connectivity index (χ0n) is 8.88. The Hall–Kier alpha value is -2.24. The van der Waals surface area contributed by atoms with Gasteiger partial charge in [-0.05, 0) is 26.0 Å². The molecule has 0 saturated carbocycles. The van der Waals surface area contributed by atoms with E-state index in [4.69, 9.17) is 10.3 Å². The first-order valence-corrected chi connectivity index (χ1v) is 4.48. The van der Waals surface area contributed by atoms with Crippen molar-refractivity contribution in [1.82, 2.24) is 4.98 Å². The van der Waals surface area contributed by atoms with Gasteiger partial charge in [-0.2, -0.15) is 0 Å². The van der Waals surface area contributed by atoms with Crippen LogP contribution >= 0.6 is 0 Å². The van der Waals surface area contributed by atoms with E-state index in [1.807, 2.05) is 6.92 Å². The predicted octanol–water partition coefficient (Wildman–Crippen LogP) is 1.40. The summed E-state index contributed by atoms with van der Waals surface area (Å²) in [6.45, 7) is 3.28. The maximum atomic E-state index is 10.6. The fourth-order valence-electron chi connectivity index (χ4n) is 1.04. The van der Waals surface area contributed by atoms with Crippen LogP contribution in [0.15, 0.2) is 28.5 Å². The smallest absolute Gasteiger partial charge is 0.359 e. The molecule has 84 valence electrons. The van der Waals surface area contributed by atoms with E-state index in [1.165, 1.54) is 13.1 Å². The Morgan fingerprint density at radius 3 is 2.56 bits per heavy atom. The van der Waals surface area contributed by atoms with E-state index in [1.54, 1.807) is 12.1 Å². The molecule has 1 heterocycles. The number of aliphatic imine (C=N–C) groups is 1. The predicted molar refractivity (Wildman–Crippen MR) is 58.6 cm³/mol. The number of oxime groups is 1. The van der Waals surface area contributed by atoms with Crippen molar-refractivity contribution in [3.63, 3.8) is 0 Å². The summed E-state index contributed by atoms with van der Waals surface area (Å²) in [6, 6.07) is 3.45. The highest BCUT2D eigenvalue weighted by Crippen LogP contribution is 2.10. The molecule has 0 amide bonds. The first-order valence-electron chi connectivity index (χ1n) is 4.48. The molecule has 1 aromatic rings. The standard InChI is InChI=1S/C10H11N3O3/c1-6-3-4-8(5-11-6)12-7(2)9(13-16)10(14)15/h3-5,16H,1-2H3,(H,14,15)/b12-7+,13-9-. The van der Waals surface area contributed by atoms with Gasteiger partial charge in [0.1, 0.15) is 0 Å². The molecular formula is C10H11N3O3. The molecule has 0 radical (unpaired) electrons. The maximum Gasteiger partial charge on any atom is 0.359 e. The summed E-state index contributed by atoms with van der Waals surface area (Å²) in [5.41, 5.74) is 0.970. The molecule has 16 heavy (non-hydrogen) atoms. The Labute approximate surface area is 92.0 Å². The second-order valence-corrected chi connectivity index (χ2v) is 3.11. The van der Waals surface area contributed by atoms with Gasteiger partial charge in [-0.25, -0.2) is 9.79 Å². The molecule has 0 aliphatic heterocycles. The first-order chi connectivity index (χ1) is 7.54. The number of carboxylic acids is 1. The fourth-order valence-corrected chi connectivity index (χ4v) is 1.04. The van der Waals surface area contributed by atoms with Gasteiger partial charge in [0.2, 0.25) is 5.71 Å². The largest absolute Gasteiger partial charge is 0.476 e. The number of carboxylic acid groups (broad SMARTS) is 1. The van der Waals surface area contributed by atoms with Crippen LogP contribution in [0, 0.1) is 6.92 Å². The van der Waals surface area contributed by atoms with Crippen LogP contribution in [0.25, 0.3) is 0 Å². The van der Waals surface area contributed by atoms with Gasteiger partial charge in [0, 0.05) is 5.69 Å². The van der Waals surface area contributed by atoms with Crippen LogP contribution in [0.4, 0.5) is 5.69 Å². The van der Waals surface area contributed by atoms with Crippen molar-refractivity contribution in [2.24, 2.45) is 10.1 Å². The third-order valence-electron chi connectivity index (χ3n) is 1.84. The zero-order valence-corrected chi connectivity index (χ0v) is 8.88. The topological polar surface area (TPSA) is 95.1 Å². The average molecular weight is 221 g/mol. The van der Waals surface area contributed by atoms with Gasteiger partial charge >= 0.3 is 5.97 Å². The number of hydrogen-bond acceptors (Lipinski definition) is 5. The van der Waals surface area contributed by atoms with Crippen LogP contribution in [0.2, 0.25) is 0 Å². The molecular weight excluding hydrogens is 210 g/mol. The molecule has 0 spiro atoms. The third-order valence-corrected chi connectivity index (χ3v) is 1.84. The number of carbonyl (C=O) groups is 1. The molecule has 1 aromatic heterocycles. The molecule has 0 unspecified atom stereocenters. The van der Waals surface area contributed by atoms with Gasteiger partial charge in [0.25, 0.3) is 0 Å². The van der Waals surface area contributed by atoms with E-state index in [9.17, 15) is 4.79 Å². The summed E-state index contributed by atoms with van der Waals surface area (Å²) in [6.07, 6.45) is 1.51. The van der Waals surface area contributed by atoms with Gasteiger partial charge in [-0.1, -0.05) is 5.16 Å². The molecule has 0 aliphatic rings. The van der Waals surface area contributed by atoms with Crippen molar-refractivity contribution in [3.05, 3.63) is 24.0 Å². The Morgan fingerprint density at radius 1 is 1.44 bits per heavy atom. The number of aliphatic carboxylic acids is 1. The van der Waals surface area contributed by atoms with Crippen LogP contribution < -0.4 is 0 Å². The van der Waals surface area contributed by atoms with E-state index >= 15 is 0 Å². The van der Waals surface area contributed by atoms with Crippen LogP contribution in [-0.2, 0) is 4.79 Å². The SMILES string of the molecule is CC(=N\c1ccc(C)nc1)/C(=N/O)C(=O)O. The Balaban J connectivity index is 3.00. The summed E-state index contributed by atoms with van der Waals surface area (Å²) < 4.78 is 0. The number of nitrogens with zero attached hydrogens (tertiary/aromatic N) is 3. The Kier molecular flexibility index (Phi) is 3.71. The summed E-state index contributed by atoms with van der Waals surface area (Å²) in [7, 11) is 0. The summed E-state index contributed by atoms with van der Waals surface area (Å²) in [5, 5.41) is 19.8. The molecule has 6 heteroatoms. The minimum atomic E-state index is -1.33. The van der Waals surface area contributed by atoms with Gasteiger partial charge in [-0.15, -0.1) is 0 Å². The van der Waals surface area contributed by atoms with E-state index in [2.05, 4.69) is 15.1 Å². The lowest BCUT2D eigenvalue weighted by molar-refractivity contribution is -0.129. The van der Waals surface area contributed by atoms with E-state index < -0.39 is 11.7 Å². The first kappa shape index (κ1) is 11.8. The second kappa shape index (κ2) is 5.01. The summed E-state index contributed by atoms with van der Waals surface area (Å²) in [5.74, 6) is -1.33. The quantitative estimate of drug-likeness (QED) is 0.458. The van der Waals surface area contributed by atoms with Gasteiger partial charge in [-0.3, -0.25) is 4.98 Å². The summed E-state index contributed by atoms with van der Waals surface area (Å²) >= 11 is 0. The lowest BCUT2D eigenvalue weighted by atomic mass is 10.2. The van der Waals surface area contributed by atoms with Crippen molar-refractivity contribution in [1.29, 1.82) is 0 Å². The molecule has 0 aliphatic carbocycles. The van der Waals surface area contributed by atoms with E-state index in [0.717, 1.165) is 5.69 Å². The number of aryl methyl sites for hydroxylation is 1. The Bertz CT molecular complexity index is 449. The van der Waals surface area contributed by atoms with Crippen molar-refractivity contribution in [2.75, 3.05) is 0 Å². The highest BCUT2D eigenvalue weighted by atomic mass is 16.4. The molecule has 0 aromatic carbocycles. The minimum Gasteiger partial charge on any atom is -0.476 e. The van der Waals surface area contributed by atoms with Crippen LogP contribution in [-0.4, -0.2) is 32.7 Å². The Morgan fingerprint density at radius 2 is 2.12 bits per heavy atom. The van der Waals surface area contributed by atoms with Crippen molar-refractivity contribution < 1.29 is 15.1 Å². The highest BCUT2D eigenvalue weighted by molar-refractivity contribution is 6.65. The lowest BCUT2D eigenvalue weighted by Crippen LogP contribution is -2.21. The number of aromatic nitrogens is 1. The molecule has 2 N–H and O–H groups in total. The molecule has 0 atom stereocenters. The fraction of sp³-hybridized carbons (Fsp3) is 0.200. The van der Waals surface area contributed by atoms with E-state index in [-0.39, 0.29) is 5.71 Å². The van der Waals surface area contributed by atoms with E-state index in [0.29, 0.717) is 5.69 Å². The van der Waals surface area contributed by atoms with Gasteiger partial charge in [0.15, 0.2) is 0 Å². The number of rotatable bonds is 3. The van der Waals surface area contributed by atoms with Crippen molar-refractivity contribution in [2.45, 2.75) is 13.8 Å². The summed E-state index contributed by atoms with van der Waals surface area (Å²) in [4.78, 5) is 18.6. The zero-order chi connectivity index (χ0) is 12.1. The molecule has 0 saturated heterocycles. The lowest BCUT2D eigenvalue weighted by Gasteiger charge is -1.99. The molecule has 0 bridgehead atoms. The van der Waals surface area contributed by atoms with Crippen molar-refractivity contribution in [3.8, 4) is 0 Å². The van der Waals surface area contributed by atoms with Crippen LogP contribution in [0.3, 0.4) is 0 Å². The van der Waals surface area contributed by atoms with Gasteiger partial charge < -0.3 is 10.3 Å². The molecule has 1 rings (SSSR count). The molecule has 0 fully saturated rings. The minimum absolute atomic E-state index is 0.112. The van der Waals surface area contributed by atoms with Crippen molar-refractivity contribution >= 4 is 23.1 Å². The van der Waals surface area contributed by atoms with Crippen LogP contribution in [0.5, 0.6) is 0 Å². The monoisotopic (exact) mass is 221 g/mol. The van der Waals surface area contributed by atoms with Crippen LogP contribution in [0.1, 0.15) is 12.6 Å². The van der Waals surface area contributed by atoms with Gasteiger partial charge in [0.05, 0.1) is 17.6 Å². The highest BCUT2D eigenvalue weighted by Gasteiger charge is 2.13. The second-order valence-electron chi connectivity index (χ2n) is 3.11. The number of hydrogen-bond donors (Lipinski definition) is 2. The molecule has 6 nitrogen and oxygen atoms in total. The normalized spacial score (nSPS) is 12.6. The average Bonchev–Trinajstić information content (AvgIpc) is 2.22. The number of pyridine rings is 1.